The fraction of sp³-hybridized carbons (Fsp3) is 0.312. The number of aromatic nitrogens is 1. The van der Waals surface area contributed by atoms with Crippen LogP contribution in [0, 0.1) is 24.2 Å². The van der Waals surface area contributed by atoms with Crippen LogP contribution in [0.5, 0.6) is 0 Å². The summed E-state index contributed by atoms with van der Waals surface area (Å²) in [5.74, 6) is -0.151. The van der Waals surface area contributed by atoms with Crippen molar-refractivity contribution in [1.29, 1.82) is 5.26 Å². The van der Waals surface area contributed by atoms with Gasteiger partial charge < -0.3 is 14.8 Å². The van der Waals surface area contributed by atoms with Crippen LogP contribution in [0.4, 0.5) is 0 Å². The van der Waals surface area contributed by atoms with Crippen LogP contribution in [0.2, 0.25) is 0 Å². The highest BCUT2D eigenvalue weighted by atomic mass is 16.3. The average molecular weight is 270 g/mol. The van der Waals surface area contributed by atoms with Gasteiger partial charge in [0.15, 0.2) is 0 Å². The third-order valence-corrected chi connectivity index (χ3v) is 3.43. The second-order valence-corrected chi connectivity index (χ2v) is 4.90. The third-order valence-electron chi connectivity index (χ3n) is 3.43. The van der Waals surface area contributed by atoms with E-state index in [1.165, 1.54) is 0 Å². The molecule has 4 heteroatoms. The van der Waals surface area contributed by atoms with Gasteiger partial charge in [-0.25, -0.2) is 0 Å². The van der Waals surface area contributed by atoms with Gasteiger partial charge in [0.25, 0.3) is 0 Å². The quantitative estimate of drug-likeness (QED) is 0.870. The Morgan fingerprint density at radius 2 is 1.75 bits per heavy atom. The summed E-state index contributed by atoms with van der Waals surface area (Å²) in [6.07, 6.45) is 0.612. The minimum Gasteiger partial charge on any atom is -0.396 e. The molecular weight excluding hydrogens is 252 g/mol. The van der Waals surface area contributed by atoms with Crippen molar-refractivity contribution < 1.29 is 10.2 Å². The Morgan fingerprint density at radius 1 is 1.10 bits per heavy atom. The third kappa shape index (κ3) is 2.90. The number of nitrogens with zero attached hydrogens (tertiary/aromatic N) is 2. The lowest BCUT2D eigenvalue weighted by atomic mass is 10.1. The summed E-state index contributed by atoms with van der Waals surface area (Å²) >= 11 is 0. The summed E-state index contributed by atoms with van der Waals surface area (Å²) in [6.45, 7) is 1.94. The molecule has 1 heterocycles. The molecule has 2 N–H and O–H groups in total. The molecular formula is C16H18N2O2. The average Bonchev–Trinajstić information content (AvgIpc) is 2.85. The predicted molar refractivity (Wildman–Crippen MR) is 76.6 cm³/mol. The molecule has 2 rings (SSSR count). The molecule has 0 spiro atoms. The SMILES string of the molecule is Cc1ccc(CC(CO)CO)n1-c1ccc(C#N)cc1. The number of aliphatic hydroxyl groups is 2. The van der Waals surface area contributed by atoms with Crippen LogP contribution in [0.15, 0.2) is 36.4 Å². The number of rotatable bonds is 5. The normalized spacial score (nSPS) is 10.8. The standard InChI is InChI=1S/C16H18N2O2/c1-12-2-5-16(8-14(10-19)11-20)18(12)15-6-3-13(9-17)4-7-15/h2-7,14,19-20H,8,10-11H2,1H3. The number of benzene rings is 1. The monoisotopic (exact) mass is 270 g/mol. The molecule has 0 bridgehead atoms. The summed E-state index contributed by atoms with van der Waals surface area (Å²) in [4.78, 5) is 0. The van der Waals surface area contributed by atoms with Crippen LogP contribution in [0.25, 0.3) is 5.69 Å². The first kappa shape index (κ1) is 14.3. The second kappa shape index (κ2) is 6.38. The summed E-state index contributed by atoms with van der Waals surface area (Å²) in [5.41, 5.74) is 3.74. The fourth-order valence-electron chi connectivity index (χ4n) is 2.29. The van der Waals surface area contributed by atoms with E-state index in [-0.39, 0.29) is 19.1 Å². The van der Waals surface area contributed by atoms with Crippen molar-refractivity contribution in [1.82, 2.24) is 4.57 Å². The summed E-state index contributed by atoms with van der Waals surface area (Å²) in [6, 6.07) is 13.5. The number of aryl methyl sites for hydroxylation is 1. The smallest absolute Gasteiger partial charge is 0.0991 e. The lowest BCUT2D eigenvalue weighted by Gasteiger charge is -2.15. The molecule has 0 fully saturated rings. The van der Waals surface area contributed by atoms with Gasteiger partial charge in [-0.15, -0.1) is 0 Å². The van der Waals surface area contributed by atoms with Crippen LogP contribution in [0.1, 0.15) is 17.0 Å². The van der Waals surface area contributed by atoms with E-state index < -0.39 is 0 Å². The molecule has 0 radical (unpaired) electrons. The van der Waals surface area contributed by atoms with E-state index in [2.05, 4.69) is 10.6 Å². The van der Waals surface area contributed by atoms with Crippen molar-refractivity contribution in [2.45, 2.75) is 13.3 Å². The topological polar surface area (TPSA) is 69.2 Å². The molecule has 4 nitrogen and oxygen atoms in total. The van der Waals surface area contributed by atoms with Crippen LogP contribution < -0.4 is 0 Å². The van der Waals surface area contributed by atoms with Crippen molar-refractivity contribution in [2.24, 2.45) is 5.92 Å². The van der Waals surface area contributed by atoms with Crippen molar-refractivity contribution in [3.05, 3.63) is 53.3 Å². The van der Waals surface area contributed by atoms with E-state index in [0.29, 0.717) is 12.0 Å². The highest BCUT2D eigenvalue weighted by Crippen LogP contribution is 2.20. The maximum absolute atomic E-state index is 9.22. The first-order valence-corrected chi connectivity index (χ1v) is 6.59. The molecule has 20 heavy (non-hydrogen) atoms. The lowest BCUT2D eigenvalue weighted by molar-refractivity contribution is 0.149. The van der Waals surface area contributed by atoms with E-state index in [1.807, 2.05) is 31.2 Å². The maximum Gasteiger partial charge on any atom is 0.0991 e. The fourth-order valence-corrected chi connectivity index (χ4v) is 2.29. The number of hydrogen-bond acceptors (Lipinski definition) is 3. The molecule has 1 aromatic heterocycles. The second-order valence-electron chi connectivity index (χ2n) is 4.90. The van der Waals surface area contributed by atoms with E-state index >= 15 is 0 Å². The van der Waals surface area contributed by atoms with Gasteiger partial charge in [0.05, 0.1) is 11.6 Å². The lowest BCUT2D eigenvalue weighted by Crippen LogP contribution is -2.16. The van der Waals surface area contributed by atoms with Crippen LogP contribution in [0.3, 0.4) is 0 Å². The van der Waals surface area contributed by atoms with Crippen molar-refractivity contribution in [3.63, 3.8) is 0 Å². The van der Waals surface area contributed by atoms with Crippen LogP contribution in [-0.4, -0.2) is 28.0 Å². The summed E-state index contributed by atoms with van der Waals surface area (Å²) in [5, 5.41) is 27.3. The summed E-state index contributed by atoms with van der Waals surface area (Å²) < 4.78 is 2.08. The molecule has 1 aromatic carbocycles. The molecule has 104 valence electrons. The van der Waals surface area contributed by atoms with Crippen LogP contribution in [-0.2, 0) is 6.42 Å². The predicted octanol–water partition coefficient (Wildman–Crippen LogP) is 1.80. The Hall–Kier alpha value is -2.09. The van der Waals surface area contributed by atoms with Crippen molar-refractivity contribution in [2.75, 3.05) is 13.2 Å². The Morgan fingerprint density at radius 3 is 2.30 bits per heavy atom. The van der Waals surface area contributed by atoms with E-state index in [9.17, 15) is 10.2 Å². The Labute approximate surface area is 118 Å². The minimum atomic E-state index is -0.151. The highest BCUT2D eigenvalue weighted by molar-refractivity contribution is 5.42. The van der Waals surface area contributed by atoms with Gasteiger partial charge in [0.1, 0.15) is 0 Å². The zero-order chi connectivity index (χ0) is 14.5. The van der Waals surface area contributed by atoms with Gasteiger partial charge in [-0.05, 0) is 49.7 Å². The largest absolute Gasteiger partial charge is 0.396 e. The first-order valence-electron chi connectivity index (χ1n) is 6.59. The molecule has 2 aromatic rings. The molecule has 0 aliphatic carbocycles. The van der Waals surface area contributed by atoms with E-state index in [1.54, 1.807) is 12.1 Å². The van der Waals surface area contributed by atoms with E-state index in [0.717, 1.165) is 17.1 Å². The molecule has 0 atom stereocenters. The zero-order valence-electron chi connectivity index (χ0n) is 11.5. The van der Waals surface area contributed by atoms with Crippen molar-refractivity contribution >= 4 is 0 Å². The van der Waals surface area contributed by atoms with Gasteiger partial charge in [0.2, 0.25) is 0 Å². The van der Waals surface area contributed by atoms with E-state index in [4.69, 9.17) is 5.26 Å². The van der Waals surface area contributed by atoms with Crippen LogP contribution >= 0.6 is 0 Å². The number of aliphatic hydroxyl groups excluding tert-OH is 2. The van der Waals surface area contributed by atoms with Gasteiger partial charge in [-0.3, -0.25) is 0 Å². The first-order chi connectivity index (χ1) is 9.69. The maximum atomic E-state index is 9.22. The molecule has 0 amide bonds. The number of hydrogen-bond donors (Lipinski definition) is 2. The van der Waals surface area contributed by atoms with Gasteiger partial charge in [-0.2, -0.15) is 5.26 Å². The Balaban J connectivity index is 2.35. The zero-order valence-corrected chi connectivity index (χ0v) is 11.5. The molecule has 0 aliphatic rings. The van der Waals surface area contributed by atoms with Gasteiger partial charge >= 0.3 is 0 Å². The number of nitriles is 1. The Kier molecular flexibility index (Phi) is 4.57. The Bertz CT molecular complexity index is 604. The van der Waals surface area contributed by atoms with Gasteiger partial charge in [-0.1, -0.05) is 0 Å². The summed E-state index contributed by atoms with van der Waals surface area (Å²) in [7, 11) is 0. The molecule has 0 aliphatic heterocycles. The van der Waals surface area contributed by atoms with Gasteiger partial charge in [0, 0.05) is 36.2 Å². The minimum absolute atomic E-state index is 0.0336. The van der Waals surface area contributed by atoms with Crippen molar-refractivity contribution in [3.8, 4) is 11.8 Å². The molecule has 0 saturated carbocycles. The highest BCUT2D eigenvalue weighted by Gasteiger charge is 2.13. The molecule has 0 unspecified atom stereocenters. The molecule has 0 saturated heterocycles.